The summed E-state index contributed by atoms with van der Waals surface area (Å²) in [6.45, 7) is 8.31. The number of aryl methyl sites for hydroxylation is 1. The van der Waals surface area contributed by atoms with Gasteiger partial charge in [0.05, 0.1) is 11.6 Å². The van der Waals surface area contributed by atoms with Crippen molar-refractivity contribution < 1.29 is 0 Å². The molecule has 0 saturated heterocycles. The summed E-state index contributed by atoms with van der Waals surface area (Å²) in [6, 6.07) is 5.87. The van der Waals surface area contributed by atoms with Crippen LogP contribution in [0.25, 0.3) is 0 Å². The molecule has 0 fully saturated rings. The second-order valence-corrected chi connectivity index (χ2v) is 4.62. The first-order valence-corrected chi connectivity index (χ1v) is 4.67. The minimum absolute atomic E-state index is 0.0111. The van der Waals surface area contributed by atoms with E-state index in [1.165, 1.54) is 0 Å². The molecule has 0 atom stereocenters. The first-order chi connectivity index (χ1) is 6.36. The lowest BCUT2D eigenvalue weighted by Crippen LogP contribution is -2.15. The van der Waals surface area contributed by atoms with Gasteiger partial charge in [-0.25, -0.2) is 0 Å². The van der Waals surface area contributed by atoms with Crippen molar-refractivity contribution in [1.29, 1.82) is 5.26 Å². The third kappa shape index (κ3) is 1.88. The molecule has 0 saturated carbocycles. The maximum absolute atomic E-state index is 9.03. The van der Waals surface area contributed by atoms with Crippen LogP contribution in [-0.4, -0.2) is 0 Å². The molecule has 1 aromatic carbocycles. The number of nitrogen functional groups attached to an aromatic ring is 1. The van der Waals surface area contributed by atoms with E-state index in [2.05, 4.69) is 26.8 Å². The van der Waals surface area contributed by atoms with E-state index in [1.807, 2.05) is 13.0 Å². The lowest BCUT2D eigenvalue weighted by Gasteiger charge is -2.23. The highest BCUT2D eigenvalue weighted by Gasteiger charge is 2.20. The Bertz CT molecular complexity index is 392. The molecule has 0 radical (unpaired) electrons. The van der Waals surface area contributed by atoms with Crippen molar-refractivity contribution in [2.24, 2.45) is 0 Å². The fraction of sp³-hybridized carbons (Fsp3) is 0.417. The molecule has 0 unspecified atom stereocenters. The van der Waals surface area contributed by atoms with Gasteiger partial charge in [-0.3, -0.25) is 0 Å². The molecule has 0 amide bonds. The van der Waals surface area contributed by atoms with E-state index in [0.717, 1.165) is 11.1 Å². The molecule has 1 rings (SSSR count). The number of anilines is 1. The van der Waals surface area contributed by atoms with Crippen molar-refractivity contribution in [3.8, 4) is 6.07 Å². The van der Waals surface area contributed by atoms with Gasteiger partial charge in [-0.1, -0.05) is 20.8 Å². The summed E-state index contributed by atoms with van der Waals surface area (Å²) in [5.41, 5.74) is 9.22. The Balaban J connectivity index is 3.51. The number of hydrogen-bond acceptors (Lipinski definition) is 2. The molecule has 74 valence electrons. The predicted octanol–water partition coefficient (Wildman–Crippen LogP) is 2.75. The van der Waals surface area contributed by atoms with Gasteiger partial charge in [0.15, 0.2) is 0 Å². The van der Waals surface area contributed by atoms with Crippen LogP contribution in [0.5, 0.6) is 0 Å². The Morgan fingerprint density at radius 1 is 1.29 bits per heavy atom. The van der Waals surface area contributed by atoms with Crippen molar-refractivity contribution in [2.45, 2.75) is 33.1 Å². The molecule has 14 heavy (non-hydrogen) atoms. The molecule has 2 heteroatoms. The normalized spacial score (nSPS) is 11.1. The zero-order chi connectivity index (χ0) is 10.9. The third-order valence-electron chi connectivity index (χ3n) is 2.23. The molecule has 0 aliphatic heterocycles. The highest BCUT2D eigenvalue weighted by molar-refractivity contribution is 5.55. The Morgan fingerprint density at radius 2 is 1.86 bits per heavy atom. The first kappa shape index (κ1) is 10.6. The van der Waals surface area contributed by atoms with Crippen LogP contribution in [0.2, 0.25) is 0 Å². The number of nitrogens with two attached hydrogens (primary N) is 1. The SMILES string of the molecule is Cc1cc(N)cc(C#N)c1C(C)(C)C. The fourth-order valence-electron chi connectivity index (χ4n) is 1.90. The van der Waals surface area contributed by atoms with Gasteiger partial charge < -0.3 is 5.73 Å². The summed E-state index contributed by atoms with van der Waals surface area (Å²) < 4.78 is 0. The van der Waals surface area contributed by atoms with Gasteiger partial charge >= 0.3 is 0 Å². The van der Waals surface area contributed by atoms with Gasteiger partial charge in [-0.05, 0) is 35.6 Å². The summed E-state index contributed by atoms with van der Waals surface area (Å²) in [5.74, 6) is 0. The standard InChI is InChI=1S/C12H16N2/c1-8-5-10(14)6-9(7-13)11(8)12(2,3)4/h5-6H,14H2,1-4H3. The van der Waals surface area contributed by atoms with E-state index >= 15 is 0 Å². The van der Waals surface area contributed by atoms with Gasteiger partial charge in [0.2, 0.25) is 0 Å². The molecular weight excluding hydrogens is 172 g/mol. The largest absolute Gasteiger partial charge is 0.399 e. The van der Waals surface area contributed by atoms with Crippen molar-refractivity contribution in [2.75, 3.05) is 5.73 Å². The van der Waals surface area contributed by atoms with Crippen LogP contribution in [0.3, 0.4) is 0 Å². The van der Waals surface area contributed by atoms with E-state index < -0.39 is 0 Å². The Morgan fingerprint density at radius 3 is 2.29 bits per heavy atom. The van der Waals surface area contributed by atoms with Crippen LogP contribution < -0.4 is 5.73 Å². The molecule has 0 aliphatic rings. The van der Waals surface area contributed by atoms with Gasteiger partial charge in [0.25, 0.3) is 0 Å². The summed E-state index contributed by atoms with van der Waals surface area (Å²) in [6.07, 6.45) is 0. The molecule has 0 heterocycles. The zero-order valence-corrected chi connectivity index (χ0v) is 9.18. The van der Waals surface area contributed by atoms with Crippen molar-refractivity contribution >= 4 is 5.69 Å². The average Bonchev–Trinajstić information content (AvgIpc) is 1.99. The molecule has 0 aliphatic carbocycles. The van der Waals surface area contributed by atoms with Gasteiger partial charge in [0, 0.05) is 5.69 Å². The minimum Gasteiger partial charge on any atom is -0.399 e. The molecular formula is C12H16N2. The van der Waals surface area contributed by atoms with Crippen LogP contribution in [0.1, 0.15) is 37.5 Å². The van der Waals surface area contributed by atoms with Crippen LogP contribution in [-0.2, 0) is 5.41 Å². The van der Waals surface area contributed by atoms with E-state index in [1.54, 1.807) is 6.07 Å². The smallest absolute Gasteiger partial charge is 0.0995 e. The van der Waals surface area contributed by atoms with E-state index in [0.29, 0.717) is 11.3 Å². The van der Waals surface area contributed by atoms with Crippen LogP contribution >= 0.6 is 0 Å². The Hall–Kier alpha value is -1.49. The van der Waals surface area contributed by atoms with Crippen LogP contribution in [0, 0.1) is 18.3 Å². The fourth-order valence-corrected chi connectivity index (χ4v) is 1.90. The molecule has 0 bridgehead atoms. The van der Waals surface area contributed by atoms with Crippen molar-refractivity contribution in [3.05, 3.63) is 28.8 Å². The quantitative estimate of drug-likeness (QED) is 0.636. The average molecular weight is 188 g/mol. The predicted molar refractivity (Wildman–Crippen MR) is 59.0 cm³/mol. The summed E-state index contributed by atoms with van der Waals surface area (Å²) >= 11 is 0. The van der Waals surface area contributed by atoms with E-state index in [9.17, 15) is 0 Å². The highest BCUT2D eigenvalue weighted by atomic mass is 14.5. The minimum atomic E-state index is -0.0111. The number of rotatable bonds is 0. The monoisotopic (exact) mass is 188 g/mol. The number of nitrogens with zero attached hydrogens (tertiary/aromatic N) is 1. The summed E-state index contributed by atoms with van der Waals surface area (Å²) in [5, 5.41) is 9.03. The summed E-state index contributed by atoms with van der Waals surface area (Å²) in [4.78, 5) is 0. The topological polar surface area (TPSA) is 49.8 Å². The van der Waals surface area contributed by atoms with E-state index in [4.69, 9.17) is 11.0 Å². The second-order valence-electron chi connectivity index (χ2n) is 4.62. The van der Waals surface area contributed by atoms with Crippen molar-refractivity contribution in [3.63, 3.8) is 0 Å². The van der Waals surface area contributed by atoms with Crippen LogP contribution in [0.15, 0.2) is 12.1 Å². The lowest BCUT2D eigenvalue weighted by molar-refractivity contribution is 0.584. The molecule has 2 nitrogen and oxygen atoms in total. The van der Waals surface area contributed by atoms with Crippen LogP contribution in [0.4, 0.5) is 5.69 Å². The van der Waals surface area contributed by atoms with Gasteiger partial charge in [-0.15, -0.1) is 0 Å². The zero-order valence-electron chi connectivity index (χ0n) is 9.18. The Labute approximate surface area is 85.4 Å². The molecule has 0 aromatic heterocycles. The lowest BCUT2D eigenvalue weighted by atomic mass is 9.81. The van der Waals surface area contributed by atoms with Gasteiger partial charge in [-0.2, -0.15) is 5.26 Å². The van der Waals surface area contributed by atoms with E-state index in [-0.39, 0.29) is 5.41 Å². The van der Waals surface area contributed by atoms with Gasteiger partial charge in [0.1, 0.15) is 0 Å². The number of benzene rings is 1. The van der Waals surface area contributed by atoms with Crippen molar-refractivity contribution in [1.82, 2.24) is 0 Å². The second kappa shape index (κ2) is 3.34. The number of nitriles is 1. The summed E-state index contributed by atoms with van der Waals surface area (Å²) in [7, 11) is 0. The maximum atomic E-state index is 9.03. The number of hydrogen-bond donors (Lipinski definition) is 1. The Kier molecular flexibility index (Phi) is 2.53. The third-order valence-corrected chi connectivity index (χ3v) is 2.23. The first-order valence-electron chi connectivity index (χ1n) is 4.67. The molecule has 1 aromatic rings. The highest BCUT2D eigenvalue weighted by Crippen LogP contribution is 2.30. The molecule has 0 spiro atoms. The molecule has 2 N–H and O–H groups in total. The maximum Gasteiger partial charge on any atom is 0.0995 e.